The smallest absolute Gasteiger partial charge is 0.266 e. The van der Waals surface area contributed by atoms with Crippen LogP contribution < -0.4 is 20.7 Å². The number of rotatable bonds is 4. The van der Waals surface area contributed by atoms with E-state index >= 15 is 0 Å². The van der Waals surface area contributed by atoms with E-state index in [2.05, 4.69) is 16.0 Å². The third kappa shape index (κ3) is 3.71. The highest BCUT2D eigenvalue weighted by atomic mass is 16.5. The van der Waals surface area contributed by atoms with Gasteiger partial charge in [0.2, 0.25) is 11.8 Å². The summed E-state index contributed by atoms with van der Waals surface area (Å²) in [5.74, 6) is -0.569. The van der Waals surface area contributed by atoms with Gasteiger partial charge in [-0.15, -0.1) is 0 Å². The van der Waals surface area contributed by atoms with Gasteiger partial charge in [-0.2, -0.15) is 0 Å². The van der Waals surface area contributed by atoms with Crippen LogP contribution in [-0.4, -0.2) is 37.4 Å². The highest BCUT2D eigenvalue weighted by Gasteiger charge is 2.29. The van der Waals surface area contributed by atoms with Crippen LogP contribution in [0.15, 0.2) is 18.2 Å². The summed E-state index contributed by atoms with van der Waals surface area (Å²) in [4.78, 5) is 34.6. The second-order valence-electron chi connectivity index (χ2n) is 4.75. The number of carbonyl (C=O) groups is 3. The topological polar surface area (TPSA) is 96.5 Å². The first-order chi connectivity index (χ1) is 9.99. The number of amides is 3. The molecule has 0 saturated carbocycles. The number of aryl methyl sites for hydroxylation is 1. The van der Waals surface area contributed by atoms with Gasteiger partial charge in [-0.3, -0.25) is 14.4 Å². The van der Waals surface area contributed by atoms with E-state index in [0.29, 0.717) is 11.4 Å². The van der Waals surface area contributed by atoms with Gasteiger partial charge in [0, 0.05) is 7.05 Å². The third-order valence-electron chi connectivity index (χ3n) is 3.05. The zero-order valence-electron chi connectivity index (χ0n) is 11.9. The van der Waals surface area contributed by atoms with Crippen molar-refractivity contribution in [1.29, 1.82) is 0 Å². The zero-order valence-corrected chi connectivity index (χ0v) is 11.9. The van der Waals surface area contributed by atoms with Crippen molar-refractivity contribution in [2.45, 2.75) is 19.4 Å². The number of benzene rings is 1. The number of hydrogen-bond acceptors (Lipinski definition) is 4. The lowest BCUT2D eigenvalue weighted by Gasteiger charge is -2.25. The van der Waals surface area contributed by atoms with Gasteiger partial charge in [-0.05, 0) is 24.6 Å². The molecule has 0 spiro atoms. The fraction of sp³-hybridized carbons (Fsp3) is 0.357. The molecular formula is C14H17N3O4. The number of fused-ring (bicyclic) bond motifs is 1. The number of carbonyl (C=O) groups excluding carboxylic acids is 3. The maximum Gasteiger partial charge on any atom is 0.266 e. The van der Waals surface area contributed by atoms with E-state index in [1.807, 2.05) is 13.0 Å². The van der Waals surface area contributed by atoms with Crippen molar-refractivity contribution in [2.75, 3.05) is 18.9 Å². The number of ether oxygens (including phenoxy) is 1. The molecule has 1 unspecified atom stereocenters. The Balaban J connectivity index is 1.96. The van der Waals surface area contributed by atoms with E-state index in [1.54, 1.807) is 12.1 Å². The Labute approximate surface area is 122 Å². The minimum absolute atomic E-state index is 0.126. The van der Waals surface area contributed by atoms with Crippen LogP contribution in [0.1, 0.15) is 12.0 Å². The van der Waals surface area contributed by atoms with Gasteiger partial charge >= 0.3 is 0 Å². The molecule has 7 nitrogen and oxygen atoms in total. The maximum atomic E-state index is 11.9. The van der Waals surface area contributed by atoms with Gasteiger partial charge in [-0.1, -0.05) is 6.07 Å². The number of nitrogens with one attached hydrogen (secondary N) is 3. The normalized spacial score (nSPS) is 16.3. The molecular weight excluding hydrogens is 274 g/mol. The van der Waals surface area contributed by atoms with Gasteiger partial charge in [0.15, 0.2) is 6.10 Å². The molecule has 0 radical (unpaired) electrons. The lowest BCUT2D eigenvalue weighted by Crippen LogP contribution is -2.42. The average Bonchev–Trinajstić information content (AvgIpc) is 2.45. The van der Waals surface area contributed by atoms with Crippen molar-refractivity contribution in [2.24, 2.45) is 0 Å². The predicted molar refractivity (Wildman–Crippen MR) is 75.9 cm³/mol. The van der Waals surface area contributed by atoms with Crippen LogP contribution in [0.3, 0.4) is 0 Å². The fourth-order valence-electron chi connectivity index (χ4n) is 1.91. The third-order valence-corrected chi connectivity index (χ3v) is 3.05. The van der Waals surface area contributed by atoms with Crippen LogP contribution in [0.25, 0.3) is 0 Å². The van der Waals surface area contributed by atoms with E-state index in [4.69, 9.17) is 4.74 Å². The summed E-state index contributed by atoms with van der Waals surface area (Å²) in [7, 11) is 1.48. The molecule has 7 heteroatoms. The average molecular weight is 291 g/mol. The van der Waals surface area contributed by atoms with Crippen molar-refractivity contribution in [3.63, 3.8) is 0 Å². The van der Waals surface area contributed by atoms with Crippen LogP contribution in [0.4, 0.5) is 5.69 Å². The largest absolute Gasteiger partial charge is 0.478 e. The van der Waals surface area contributed by atoms with E-state index < -0.39 is 12.0 Å². The van der Waals surface area contributed by atoms with Crippen molar-refractivity contribution < 1.29 is 19.1 Å². The highest BCUT2D eigenvalue weighted by Crippen LogP contribution is 2.30. The van der Waals surface area contributed by atoms with Crippen LogP contribution in [-0.2, 0) is 14.4 Å². The molecule has 112 valence electrons. The first kappa shape index (κ1) is 14.8. The van der Waals surface area contributed by atoms with Crippen molar-refractivity contribution in [3.8, 4) is 5.75 Å². The monoisotopic (exact) mass is 291 g/mol. The Morgan fingerprint density at radius 2 is 2.10 bits per heavy atom. The molecule has 3 amide bonds. The Morgan fingerprint density at radius 1 is 1.33 bits per heavy atom. The molecule has 1 aliphatic rings. The Kier molecular flexibility index (Phi) is 4.42. The quantitative estimate of drug-likeness (QED) is 0.724. The summed E-state index contributed by atoms with van der Waals surface area (Å²) in [6, 6.07) is 5.41. The van der Waals surface area contributed by atoms with Gasteiger partial charge in [0.25, 0.3) is 5.91 Å². The fourth-order valence-corrected chi connectivity index (χ4v) is 1.91. The molecule has 1 aromatic carbocycles. The Bertz CT molecular complexity index is 586. The minimum Gasteiger partial charge on any atom is -0.478 e. The van der Waals surface area contributed by atoms with Crippen molar-refractivity contribution >= 4 is 23.4 Å². The highest BCUT2D eigenvalue weighted by molar-refractivity contribution is 6.00. The molecule has 0 aromatic heterocycles. The lowest BCUT2D eigenvalue weighted by atomic mass is 10.1. The molecule has 0 bridgehead atoms. The summed E-state index contributed by atoms with van der Waals surface area (Å²) in [5, 5.41) is 7.52. The predicted octanol–water partition coefficient (Wildman–Crippen LogP) is -0.0532. The molecule has 1 atom stereocenters. The standard InChI is InChI=1S/C14H17N3O4/c1-8-3-4-10-9(5-8)17-14(20)11(21-10)6-12(18)16-7-13(19)15-2/h3-5,11H,6-7H2,1-2H3,(H,15,19)(H,16,18)(H,17,20). The first-order valence-electron chi connectivity index (χ1n) is 6.55. The molecule has 1 heterocycles. The van der Waals surface area contributed by atoms with Gasteiger partial charge in [-0.25, -0.2) is 0 Å². The minimum atomic E-state index is -0.898. The summed E-state index contributed by atoms with van der Waals surface area (Å²) in [6.45, 7) is 1.78. The lowest BCUT2D eigenvalue weighted by molar-refractivity contribution is -0.131. The van der Waals surface area contributed by atoms with Crippen LogP contribution >= 0.6 is 0 Å². The summed E-state index contributed by atoms with van der Waals surface area (Å²) < 4.78 is 5.53. The van der Waals surface area contributed by atoms with E-state index in [-0.39, 0.29) is 24.8 Å². The maximum absolute atomic E-state index is 11.9. The Morgan fingerprint density at radius 3 is 2.81 bits per heavy atom. The second kappa shape index (κ2) is 6.25. The number of likely N-dealkylation sites (N-methyl/N-ethyl adjacent to an activating group) is 1. The molecule has 0 saturated heterocycles. The Hall–Kier alpha value is -2.57. The molecule has 1 aliphatic heterocycles. The molecule has 21 heavy (non-hydrogen) atoms. The van der Waals surface area contributed by atoms with Crippen LogP contribution in [0.2, 0.25) is 0 Å². The van der Waals surface area contributed by atoms with Crippen molar-refractivity contribution in [1.82, 2.24) is 10.6 Å². The van der Waals surface area contributed by atoms with E-state index in [9.17, 15) is 14.4 Å². The molecule has 2 rings (SSSR count). The van der Waals surface area contributed by atoms with E-state index in [0.717, 1.165) is 5.56 Å². The molecule has 1 aromatic rings. The summed E-state index contributed by atoms with van der Waals surface area (Å²) in [6.07, 6.45) is -1.04. The van der Waals surface area contributed by atoms with Crippen LogP contribution in [0, 0.1) is 6.92 Å². The molecule has 0 aliphatic carbocycles. The summed E-state index contributed by atoms with van der Waals surface area (Å²) in [5.41, 5.74) is 1.60. The van der Waals surface area contributed by atoms with Crippen molar-refractivity contribution in [3.05, 3.63) is 23.8 Å². The molecule has 3 N–H and O–H groups in total. The molecule has 0 fully saturated rings. The first-order valence-corrected chi connectivity index (χ1v) is 6.55. The van der Waals surface area contributed by atoms with Crippen LogP contribution in [0.5, 0.6) is 5.75 Å². The number of anilines is 1. The van der Waals surface area contributed by atoms with Gasteiger partial charge in [0.1, 0.15) is 5.75 Å². The zero-order chi connectivity index (χ0) is 15.4. The van der Waals surface area contributed by atoms with Gasteiger partial charge < -0.3 is 20.7 Å². The SMILES string of the molecule is CNC(=O)CNC(=O)CC1Oc2ccc(C)cc2NC1=O. The van der Waals surface area contributed by atoms with E-state index in [1.165, 1.54) is 7.05 Å². The number of hydrogen-bond donors (Lipinski definition) is 3. The summed E-state index contributed by atoms with van der Waals surface area (Å²) >= 11 is 0. The van der Waals surface area contributed by atoms with Gasteiger partial charge in [0.05, 0.1) is 18.7 Å². The second-order valence-corrected chi connectivity index (χ2v) is 4.75.